The van der Waals surface area contributed by atoms with E-state index in [1.54, 1.807) is 6.20 Å². The van der Waals surface area contributed by atoms with Gasteiger partial charge in [-0.05, 0) is 43.5 Å². The van der Waals surface area contributed by atoms with Gasteiger partial charge in [-0.2, -0.15) is 0 Å². The highest BCUT2D eigenvalue weighted by Crippen LogP contribution is 2.37. The van der Waals surface area contributed by atoms with Crippen molar-refractivity contribution in [1.29, 1.82) is 0 Å². The first-order chi connectivity index (χ1) is 8.74. The topological polar surface area (TPSA) is 71.2 Å². The van der Waals surface area contributed by atoms with E-state index in [-0.39, 0.29) is 12.1 Å². The summed E-state index contributed by atoms with van der Waals surface area (Å²) in [4.78, 5) is 4.31. The molecule has 0 bridgehead atoms. The summed E-state index contributed by atoms with van der Waals surface area (Å²) < 4.78 is 0. The molecule has 1 aromatic carbocycles. The zero-order valence-electron chi connectivity index (χ0n) is 10.2. The fraction of sp³-hybridized carbons (Fsp3) is 0.357. The zero-order valence-corrected chi connectivity index (χ0v) is 10.2. The smallest absolute Gasteiger partial charge is 0.0951 e. The number of nitrogens with zero attached hydrogens (tertiary/aromatic N) is 1. The molecule has 0 aliphatic heterocycles. The summed E-state index contributed by atoms with van der Waals surface area (Å²) in [5, 5.41) is 14.0. The number of aromatic nitrogens is 1. The minimum Gasteiger partial charge on any atom is -0.397 e. The van der Waals surface area contributed by atoms with Crippen molar-refractivity contribution in [2.24, 2.45) is 0 Å². The van der Waals surface area contributed by atoms with Crippen LogP contribution >= 0.6 is 0 Å². The molecule has 0 radical (unpaired) electrons. The molecule has 1 aromatic heterocycles. The molecule has 3 rings (SSSR count). The first-order valence-corrected chi connectivity index (χ1v) is 6.26. The summed E-state index contributed by atoms with van der Waals surface area (Å²) in [6.07, 6.45) is 4.93. The highest BCUT2D eigenvalue weighted by molar-refractivity contribution is 5.98. The molecule has 1 saturated carbocycles. The molecule has 94 valence electrons. The first-order valence-electron chi connectivity index (χ1n) is 6.26. The molecule has 18 heavy (non-hydrogen) atoms. The van der Waals surface area contributed by atoms with Gasteiger partial charge >= 0.3 is 0 Å². The number of rotatable bonds is 3. The van der Waals surface area contributed by atoms with Crippen LogP contribution in [0, 0.1) is 0 Å². The maximum absolute atomic E-state index is 9.52. The van der Waals surface area contributed by atoms with Crippen LogP contribution in [-0.4, -0.2) is 22.2 Å². The third kappa shape index (κ3) is 1.69. The summed E-state index contributed by atoms with van der Waals surface area (Å²) in [5.74, 6) is 0. The van der Waals surface area contributed by atoms with E-state index < -0.39 is 0 Å². The number of anilines is 2. The third-order valence-corrected chi connectivity index (χ3v) is 3.81. The van der Waals surface area contributed by atoms with Gasteiger partial charge in [0.15, 0.2) is 0 Å². The van der Waals surface area contributed by atoms with E-state index in [0.29, 0.717) is 5.69 Å². The number of aliphatic hydroxyl groups is 1. The van der Waals surface area contributed by atoms with E-state index >= 15 is 0 Å². The number of aliphatic hydroxyl groups excluding tert-OH is 1. The number of nitrogens with two attached hydrogens (primary N) is 1. The van der Waals surface area contributed by atoms with Crippen molar-refractivity contribution in [3.63, 3.8) is 0 Å². The second-order valence-electron chi connectivity index (χ2n) is 5.02. The van der Waals surface area contributed by atoms with Gasteiger partial charge in [0.25, 0.3) is 0 Å². The lowest BCUT2D eigenvalue weighted by Gasteiger charge is -2.42. The number of benzene rings is 1. The number of nitrogens with one attached hydrogen (secondary N) is 1. The molecule has 0 saturated heterocycles. The van der Waals surface area contributed by atoms with Gasteiger partial charge in [0.2, 0.25) is 0 Å². The molecule has 0 unspecified atom stereocenters. The lowest BCUT2D eigenvalue weighted by molar-refractivity contribution is 0.144. The van der Waals surface area contributed by atoms with Crippen molar-refractivity contribution >= 4 is 22.3 Å². The fourth-order valence-corrected chi connectivity index (χ4v) is 2.52. The third-order valence-electron chi connectivity index (χ3n) is 3.81. The Kier molecular flexibility index (Phi) is 2.59. The Morgan fingerprint density at radius 1 is 1.33 bits per heavy atom. The van der Waals surface area contributed by atoms with Crippen LogP contribution in [-0.2, 0) is 0 Å². The molecule has 1 fully saturated rings. The zero-order chi connectivity index (χ0) is 12.6. The number of pyridine rings is 1. The van der Waals surface area contributed by atoms with Crippen LogP contribution in [0.2, 0.25) is 0 Å². The van der Waals surface area contributed by atoms with E-state index in [0.717, 1.165) is 29.4 Å². The van der Waals surface area contributed by atoms with E-state index in [2.05, 4.69) is 10.3 Å². The highest BCUT2D eigenvalue weighted by Gasteiger charge is 2.36. The molecule has 1 heterocycles. The van der Waals surface area contributed by atoms with Crippen LogP contribution in [0.1, 0.15) is 19.3 Å². The predicted molar refractivity (Wildman–Crippen MR) is 73.4 cm³/mol. The number of hydrogen-bond donors (Lipinski definition) is 3. The molecule has 1 aliphatic rings. The van der Waals surface area contributed by atoms with Gasteiger partial charge in [-0.25, -0.2) is 0 Å². The van der Waals surface area contributed by atoms with Crippen LogP contribution in [0.3, 0.4) is 0 Å². The van der Waals surface area contributed by atoms with Crippen LogP contribution < -0.4 is 11.1 Å². The Labute approximate surface area is 106 Å². The van der Waals surface area contributed by atoms with E-state index in [1.165, 1.54) is 6.42 Å². The van der Waals surface area contributed by atoms with Crippen molar-refractivity contribution in [3.8, 4) is 0 Å². The SMILES string of the molecule is Nc1ccc(NC2(CO)CCC2)c2cccnc12. The van der Waals surface area contributed by atoms with Gasteiger partial charge in [-0.3, -0.25) is 4.98 Å². The Balaban J connectivity index is 2.04. The maximum Gasteiger partial charge on any atom is 0.0951 e. The van der Waals surface area contributed by atoms with E-state index in [9.17, 15) is 5.11 Å². The van der Waals surface area contributed by atoms with Gasteiger partial charge in [0.1, 0.15) is 0 Å². The molecular weight excluding hydrogens is 226 g/mol. The van der Waals surface area contributed by atoms with Crippen LogP contribution in [0.5, 0.6) is 0 Å². The molecule has 2 aromatic rings. The summed E-state index contributed by atoms with van der Waals surface area (Å²) in [7, 11) is 0. The van der Waals surface area contributed by atoms with Gasteiger partial charge in [-0.15, -0.1) is 0 Å². The van der Waals surface area contributed by atoms with Crippen molar-refractivity contribution in [2.75, 3.05) is 17.7 Å². The summed E-state index contributed by atoms with van der Waals surface area (Å²) in [6, 6.07) is 7.74. The predicted octanol–water partition coefficient (Wildman–Crippen LogP) is 2.14. The van der Waals surface area contributed by atoms with Gasteiger partial charge < -0.3 is 16.2 Å². The largest absolute Gasteiger partial charge is 0.397 e. The fourth-order valence-electron chi connectivity index (χ4n) is 2.52. The van der Waals surface area contributed by atoms with Gasteiger partial charge in [0, 0.05) is 17.3 Å². The van der Waals surface area contributed by atoms with Crippen LogP contribution in [0.25, 0.3) is 10.9 Å². The van der Waals surface area contributed by atoms with Gasteiger partial charge in [-0.1, -0.05) is 0 Å². The van der Waals surface area contributed by atoms with Crippen molar-refractivity contribution < 1.29 is 5.11 Å². The van der Waals surface area contributed by atoms with Crippen molar-refractivity contribution in [2.45, 2.75) is 24.8 Å². The maximum atomic E-state index is 9.52. The molecule has 1 aliphatic carbocycles. The summed E-state index contributed by atoms with van der Waals surface area (Å²) in [5.41, 5.74) is 8.27. The first kappa shape index (κ1) is 11.3. The summed E-state index contributed by atoms with van der Waals surface area (Å²) in [6.45, 7) is 0.166. The van der Waals surface area contributed by atoms with E-state index in [1.807, 2.05) is 24.3 Å². The quantitative estimate of drug-likeness (QED) is 0.722. The van der Waals surface area contributed by atoms with Crippen molar-refractivity contribution in [3.05, 3.63) is 30.5 Å². The molecule has 0 amide bonds. The summed E-state index contributed by atoms with van der Waals surface area (Å²) >= 11 is 0. The Morgan fingerprint density at radius 2 is 2.17 bits per heavy atom. The van der Waals surface area contributed by atoms with Crippen LogP contribution in [0.4, 0.5) is 11.4 Å². The molecular formula is C14H17N3O. The lowest BCUT2D eigenvalue weighted by Crippen LogP contribution is -2.48. The average Bonchev–Trinajstić information content (AvgIpc) is 2.37. The molecule has 4 heteroatoms. The molecule has 0 spiro atoms. The molecule has 0 atom stereocenters. The second kappa shape index (κ2) is 4.14. The second-order valence-corrected chi connectivity index (χ2v) is 5.02. The Bertz CT molecular complexity index is 573. The Hall–Kier alpha value is -1.81. The van der Waals surface area contributed by atoms with Crippen molar-refractivity contribution in [1.82, 2.24) is 4.98 Å². The normalized spacial score (nSPS) is 17.4. The van der Waals surface area contributed by atoms with E-state index in [4.69, 9.17) is 5.73 Å². The standard InChI is InChI=1S/C14H17N3O/c15-11-4-5-12(10-3-1-8-16-13(10)11)17-14(9-18)6-2-7-14/h1,3-5,8,17-18H,2,6-7,9,15H2. The lowest BCUT2D eigenvalue weighted by atomic mass is 9.77. The minimum absolute atomic E-state index is 0.154. The highest BCUT2D eigenvalue weighted by atomic mass is 16.3. The number of nitrogen functional groups attached to an aromatic ring is 1. The number of fused-ring (bicyclic) bond motifs is 1. The average molecular weight is 243 g/mol. The number of hydrogen-bond acceptors (Lipinski definition) is 4. The molecule has 4 N–H and O–H groups in total. The Morgan fingerprint density at radius 3 is 2.83 bits per heavy atom. The van der Waals surface area contributed by atoms with Gasteiger partial charge in [0.05, 0.1) is 23.3 Å². The van der Waals surface area contributed by atoms with Crippen LogP contribution in [0.15, 0.2) is 30.5 Å². The monoisotopic (exact) mass is 243 g/mol. The molecule has 4 nitrogen and oxygen atoms in total. The minimum atomic E-state index is -0.154.